The van der Waals surface area contributed by atoms with Gasteiger partial charge in [-0.2, -0.15) is 0 Å². The van der Waals surface area contributed by atoms with Gasteiger partial charge in [0.1, 0.15) is 0 Å². The first kappa shape index (κ1) is 9.97. The molecule has 3 heteroatoms. The highest BCUT2D eigenvalue weighted by atomic mass is 16.4. The molecular weight excluding hydrogens is 178 g/mol. The number of carbonyl (C=O) groups is 1. The zero-order chi connectivity index (χ0) is 9.97. The van der Waals surface area contributed by atoms with Crippen LogP contribution >= 0.6 is 0 Å². The van der Waals surface area contributed by atoms with E-state index in [0.717, 1.165) is 12.3 Å². The molecule has 3 nitrogen and oxygen atoms in total. The van der Waals surface area contributed by atoms with Crippen LogP contribution in [0, 0.1) is 5.92 Å². The van der Waals surface area contributed by atoms with Gasteiger partial charge < -0.3 is 10.4 Å². The summed E-state index contributed by atoms with van der Waals surface area (Å²) in [6, 6.07) is 1.17. The quantitative estimate of drug-likeness (QED) is 0.725. The van der Waals surface area contributed by atoms with Crippen molar-refractivity contribution in [1.82, 2.24) is 5.32 Å². The van der Waals surface area contributed by atoms with Crippen molar-refractivity contribution >= 4 is 5.97 Å². The Morgan fingerprint density at radius 2 is 2.14 bits per heavy atom. The number of rotatable bonds is 3. The van der Waals surface area contributed by atoms with Crippen LogP contribution in [0.2, 0.25) is 0 Å². The standard InChI is InChI=1S/C11H19NO2/c13-11(14)6-5-9-7-8-3-1-2-4-10(8)12-9/h8-10,12H,1-7H2,(H,13,14). The molecule has 1 saturated heterocycles. The van der Waals surface area contributed by atoms with Gasteiger partial charge in [0.15, 0.2) is 0 Å². The molecule has 0 radical (unpaired) electrons. The summed E-state index contributed by atoms with van der Waals surface area (Å²) >= 11 is 0. The molecule has 1 aliphatic carbocycles. The van der Waals surface area contributed by atoms with Crippen LogP contribution < -0.4 is 5.32 Å². The second-order valence-corrected chi connectivity index (χ2v) is 4.68. The highest BCUT2D eigenvalue weighted by molar-refractivity contribution is 5.66. The molecule has 3 atom stereocenters. The van der Waals surface area contributed by atoms with Crippen LogP contribution in [0.5, 0.6) is 0 Å². The van der Waals surface area contributed by atoms with Gasteiger partial charge >= 0.3 is 5.97 Å². The molecular formula is C11H19NO2. The lowest BCUT2D eigenvalue weighted by Gasteiger charge is -2.24. The molecule has 2 rings (SSSR count). The number of aliphatic carboxylic acids is 1. The fraction of sp³-hybridized carbons (Fsp3) is 0.909. The Bertz CT molecular complexity index is 203. The van der Waals surface area contributed by atoms with E-state index in [2.05, 4.69) is 5.32 Å². The van der Waals surface area contributed by atoms with Crippen molar-refractivity contribution < 1.29 is 9.90 Å². The Morgan fingerprint density at radius 3 is 2.86 bits per heavy atom. The Kier molecular flexibility index (Phi) is 3.06. The van der Waals surface area contributed by atoms with Crippen LogP contribution in [-0.2, 0) is 4.79 Å². The molecule has 0 bridgehead atoms. The van der Waals surface area contributed by atoms with E-state index < -0.39 is 5.97 Å². The lowest BCUT2D eigenvalue weighted by molar-refractivity contribution is -0.137. The number of hydrogen-bond acceptors (Lipinski definition) is 2. The fourth-order valence-electron chi connectivity index (χ4n) is 2.94. The van der Waals surface area contributed by atoms with Crippen molar-refractivity contribution in [1.29, 1.82) is 0 Å². The van der Waals surface area contributed by atoms with Gasteiger partial charge in [-0.15, -0.1) is 0 Å². The maximum Gasteiger partial charge on any atom is 0.303 e. The third kappa shape index (κ3) is 2.27. The molecule has 2 fully saturated rings. The van der Waals surface area contributed by atoms with Gasteiger partial charge in [-0.3, -0.25) is 4.79 Å². The second-order valence-electron chi connectivity index (χ2n) is 4.68. The van der Waals surface area contributed by atoms with Gasteiger partial charge in [-0.05, 0) is 31.6 Å². The smallest absolute Gasteiger partial charge is 0.303 e. The first-order valence-corrected chi connectivity index (χ1v) is 5.73. The third-order valence-electron chi connectivity index (χ3n) is 3.65. The molecule has 1 heterocycles. The second kappa shape index (κ2) is 4.30. The van der Waals surface area contributed by atoms with E-state index in [9.17, 15) is 4.79 Å². The van der Waals surface area contributed by atoms with Crippen LogP contribution in [0.15, 0.2) is 0 Å². The number of hydrogen-bond donors (Lipinski definition) is 2. The van der Waals surface area contributed by atoms with Crippen LogP contribution in [0.3, 0.4) is 0 Å². The number of carboxylic acid groups (broad SMARTS) is 1. The Hall–Kier alpha value is -0.570. The van der Waals surface area contributed by atoms with Crippen molar-refractivity contribution in [2.45, 2.75) is 57.0 Å². The van der Waals surface area contributed by atoms with E-state index in [-0.39, 0.29) is 0 Å². The third-order valence-corrected chi connectivity index (χ3v) is 3.65. The molecule has 2 N–H and O–H groups in total. The van der Waals surface area contributed by atoms with Crippen LogP contribution in [0.4, 0.5) is 0 Å². The molecule has 1 aliphatic heterocycles. The first-order valence-electron chi connectivity index (χ1n) is 5.73. The average molecular weight is 197 g/mol. The molecule has 0 spiro atoms. The normalized spacial score (nSPS) is 36.7. The summed E-state index contributed by atoms with van der Waals surface area (Å²) in [7, 11) is 0. The lowest BCUT2D eigenvalue weighted by atomic mass is 9.85. The Morgan fingerprint density at radius 1 is 1.36 bits per heavy atom. The predicted octanol–water partition coefficient (Wildman–Crippen LogP) is 1.77. The number of nitrogens with one attached hydrogen (secondary N) is 1. The van der Waals surface area contributed by atoms with Crippen molar-refractivity contribution in [3.63, 3.8) is 0 Å². The van der Waals surface area contributed by atoms with E-state index in [1.807, 2.05) is 0 Å². The van der Waals surface area contributed by atoms with Gasteiger partial charge in [0.05, 0.1) is 0 Å². The van der Waals surface area contributed by atoms with Gasteiger partial charge in [0.2, 0.25) is 0 Å². The van der Waals surface area contributed by atoms with Gasteiger partial charge in [0, 0.05) is 18.5 Å². The summed E-state index contributed by atoms with van der Waals surface area (Å²) in [6.45, 7) is 0. The topological polar surface area (TPSA) is 49.3 Å². The highest BCUT2D eigenvalue weighted by Gasteiger charge is 2.34. The predicted molar refractivity (Wildman–Crippen MR) is 54.2 cm³/mol. The zero-order valence-electron chi connectivity index (χ0n) is 8.54. The largest absolute Gasteiger partial charge is 0.481 e. The number of fused-ring (bicyclic) bond motifs is 1. The van der Waals surface area contributed by atoms with E-state index in [1.54, 1.807) is 0 Å². The van der Waals surface area contributed by atoms with Crippen LogP contribution in [-0.4, -0.2) is 23.2 Å². The molecule has 0 aromatic heterocycles. The van der Waals surface area contributed by atoms with E-state index in [4.69, 9.17) is 5.11 Å². The van der Waals surface area contributed by atoms with Crippen molar-refractivity contribution in [3.05, 3.63) is 0 Å². The minimum absolute atomic E-state index is 0.317. The molecule has 2 aliphatic rings. The van der Waals surface area contributed by atoms with E-state index >= 15 is 0 Å². The van der Waals surface area contributed by atoms with Gasteiger partial charge in [-0.1, -0.05) is 12.8 Å². The summed E-state index contributed by atoms with van der Waals surface area (Å²) in [5.74, 6) is 0.171. The molecule has 3 unspecified atom stereocenters. The first-order chi connectivity index (χ1) is 6.75. The van der Waals surface area contributed by atoms with Crippen LogP contribution in [0.1, 0.15) is 44.9 Å². The van der Waals surface area contributed by atoms with E-state index in [0.29, 0.717) is 18.5 Å². The SMILES string of the molecule is O=C(O)CCC1CC2CCCCC2N1. The van der Waals surface area contributed by atoms with Crippen molar-refractivity contribution in [2.24, 2.45) is 5.92 Å². The molecule has 0 amide bonds. The zero-order valence-corrected chi connectivity index (χ0v) is 8.54. The minimum Gasteiger partial charge on any atom is -0.481 e. The lowest BCUT2D eigenvalue weighted by Crippen LogP contribution is -2.33. The van der Waals surface area contributed by atoms with Crippen molar-refractivity contribution in [2.75, 3.05) is 0 Å². The molecule has 14 heavy (non-hydrogen) atoms. The van der Waals surface area contributed by atoms with Gasteiger partial charge in [-0.25, -0.2) is 0 Å². The molecule has 0 aromatic rings. The summed E-state index contributed by atoms with van der Waals surface area (Å²) in [6.07, 6.45) is 7.70. The van der Waals surface area contributed by atoms with Crippen molar-refractivity contribution in [3.8, 4) is 0 Å². The minimum atomic E-state index is -0.665. The Labute approximate surface area is 84.9 Å². The fourth-order valence-corrected chi connectivity index (χ4v) is 2.94. The monoisotopic (exact) mass is 197 g/mol. The summed E-state index contributed by atoms with van der Waals surface area (Å²) in [5, 5.41) is 12.2. The summed E-state index contributed by atoms with van der Waals surface area (Å²) in [4.78, 5) is 10.4. The van der Waals surface area contributed by atoms with Crippen LogP contribution in [0.25, 0.3) is 0 Å². The molecule has 1 saturated carbocycles. The maximum atomic E-state index is 10.4. The van der Waals surface area contributed by atoms with E-state index in [1.165, 1.54) is 32.1 Å². The number of carboxylic acids is 1. The molecule has 80 valence electrons. The maximum absolute atomic E-state index is 10.4. The van der Waals surface area contributed by atoms with Gasteiger partial charge in [0.25, 0.3) is 0 Å². The summed E-state index contributed by atoms with van der Waals surface area (Å²) < 4.78 is 0. The highest BCUT2D eigenvalue weighted by Crippen LogP contribution is 2.34. The molecule has 0 aromatic carbocycles. The Balaban J connectivity index is 1.78. The summed E-state index contributed by atoms with van der Waals surface area (Å²) in [5.41, 5.74) is 0. The average Bonchev–Trinajstić information content (AvgIpc) is 2.57.